The first kappa shape index (κ1) is 21.8. The van der Waals surface area contributed by atoms with Crippen LogP contribution in [-0.2, 0) is 7.05 Å². The molecule has 0 bridgehead atoms. The number of hydrogen-bond donors (Lipinski definition) is 1. The van der Waals surface area contributed by atoms with E-state index in [9.17, 15) is 9.59 Å². The number of pyridine rings is 1. The lowest BCUT2D eigenvalue weighted by molar-refractivity contribution is 0.101. The molecule has 0 spiro atoms. The first-order chi connectivity index (χ1) is 16.0. The summed E-state index contributed by atoms with van der Waals surface area (Å²) in [5.74, 6) is -0.537. The molecule has 10 heteroatoms. The van der Waals surface area contributed by atoms with Crippen LogP contribution in [0, 0.1) is 0 Å². The minimum atomic E-state index is -0.628. The Kier molecular flexibility index (Phi) is 6.16. The number of nitrogens with one attached hydrogen (secondary N) is 1. The molecule has 0 aliphatic heterocycles. The van der Waals surface area contributed by atoms with Gasteiger partial charge >= 0.3 is 0 Å². The summed E-state index contributed by atoms with van der Waals surface area (Å²) in [6.07, 6.45) is 4.31. The third-order valence-corrected chi connectivity index (χ3v) is 5.12. The number of aromatic nitrogens is 4. The zero-order valence-corrected chi connectivity index (χ0v) is 18.3. The number of methoxy groups -OCH3 is 1. The molecule has 33 heavy (non-hydrogen) atoms. The van der Waals surface area contributed by atoms with Crippen molar-refractivity contribution in [3.8, 4) is 5.75 Å². The van der Waals surface area contributed by atoms with Crippen LogP contribution in [0.2, 0.25) is 0 Å². The normalized spacial score (nSPS) is 11.6. The van der Waals surface area contributed by atoms with E-state index in [1.807, 2.05) is 48.5 Å². The molecule has 0 fully saturated rings. The molecule has 0 radical (unpaired) electrons. The monoisotopic (exact) mass is 446 g/mol. The van der Waals surface area contributed by atoms with Crippen LogP contribution in [0.5, 0.6) is 5.75 Å². The molecule has 1 unspecified atom stereocenters. The maximum absolute atomic E-state index is 13.1. The van der Waals surface area contributed by atoms with Crippen LogP contribution in [0.1, 0.15) is 27.8 Å². The van der Waals surface area contributed by atoms with Crippen molar-refractivity contribution in [3.05, 3.63) is 94.5 Å². The van der Waals surface area contributed by atoms with Crippen molar-refractivity contribution in [1.82, 2.24) is 19.7 Å². The highest BCUT2D eigenvalue weighted by atomic mass is 16.5. The summed E-state index contributed by atoms with van der Waals surface area (Å²) in [5, 5.41) is 6.16. The molecule has 1 atom stereocenters. The van der Waals surface area contributed by atoms with Crippen molar-refractivity contribution in [2.45, 2.75) is 6.04 Å². The van der Waals surface area contributed by atoms with Crippen LogP contribution < -0.4 is 20.5 Å². The zero-order valence-electron chi connectivity index (χ0n) is 18.3. The maximum Gasteiger partial charge on any atom is 0.297 e. The smallest absolute Gasteiger partial charge is 0.297 e. The van der Waals surface area contributed by atoms with Crippen LogP contribution in [0.4, 0.5) is 11.6 Å². The largest absolute Gasteiger partial charge is 0.489 e. The van der Waals surface area contributed by atoms with Gasteiger partial charge in [0, 0.05) is 20.3 Å². The minimum Gasteiger partial charge on any atom is -0.489 e. The summed E-state index contributed by atoms with van der Waals surface area (Å²) in [4.78, 5) is 36.9. The highest BCUT2D eigenvalue weighted by Gasteiger charge is 2.28. The standard InChI is InChI=1S/C23H22N6O4/c1-28(19(15-9-5-4-6-10-15)17-11-7-8-12-24-17)23-27-18(20(32-3)22(31)29(23)2)21(30)26-16-13-25-33-14-16/h4-14,19H,1-3H3,(H,26,30). The number of amides is 1. The van der Waals surface area contributed by atoms with Gasteiger partial charge in [0.25, 0.3) is 11.5 Å². The summed E-state index contributed by atoms with van der Waals surface area (Å²) < 4.78 is 11.3. The number of hydrogen-bond acceptors (Lipinski definition) is 8. The van der Waals surface area contributed by atoms with Crippen molar-refractivity contribution in [3.63, 3.8) is 0 Å². The van der Waals surface area contributed by atoms with Crippen LogP contribution >= 0.6 is 0 Å². The summed E-state index contributed by atoms with van der Waals surface area (Å²) in [6, 6.07) is 15.0. The molecule has 3 aromatic heterocycles. The molecule has 4 aromatic rings. The number of nitrogens with zero attached hydrogens (tertiary/aromatic N) is 5. The van der Waals surface area contributed by atoms with Crippen molar-refractivity contribution in [2.24, 2.45) is 7.05 Å². The van der Waals surface area contributed by atoms with E-state index >= 15 is 0 Å². The fraction of sp³-hybridized carbons (Fsp3) is 0.174. The van der Waals surface area contributed by atoms with Gasteiger partial charge in [-0.05, 0) is 17.7 Å². The number of benzene rings is 1. The molecule has 168 valence electrons. The second-order valence-electron chi connectivity index (χ2n) is 7.20. The van der Waals surface area contributed by atoms with Crippen LogP contribution in [0.15, 0.2) is 76.5 Å². The zero-order chi connectivity index (χ0) is 23.4. The molecule has 0 saturated carbocycles. The van der Waals surface area contributed by atoms with Crippen LogP contribution in [0.3, 0.4) is 0 Å². The summed E-state index contributed by atoms with van der Waals surface area (Å²) in [6.45, 7) is 0. The fourth-order valence-electron chi connectivity index (χ4n) is 3.56. The second kappa shape index (κ2) is 9.35. The Hall–Kier alpha value is -4.47. The molecule has 1 amide bonds. The summed E-state index contributed by atoms with van der Waals surface area (Å²) >= 11 is 0. The van der Waals surface area contributed by atoms with E-state index < -0.39 is 11.5 Å². The van der Waals surface area contributed by atoms with Gasteiger partial charge in [0.2, 0.25) is 11.7 Å². The van der Waals surface area contributed by atoms with E-state index in [2.05, 4.69) is 20.4 Å². The second-order valence-corrected chi connectivity index (χ2v) is 7.20. The lowest BCUT2D eigenvalue weighted by Gasteiger charge is -2.30. The van der Waals surface area contributed by atoms with Gasteiger partial charge in [-0.1, -0.05) is 41.6 Å². The Bertz CT molecular complexity index is 1250. The molecule has 1 N–H and O–H groups in total. The fourth-order valence-corrected chi connectivity index (χ4v) is 3.56. The van der Waals surface area contributed by atoms with E-state index in [-0.39, 0.29) is 23.4 Å². The van der Waals surface area contributed by atoms with E-state index in [0.29, 0.717) is 5.69 Å². The van der Waals surface area contributed by atoms with Crippen LogP contribution in [0.25, 0.3) is 0 Å². The molecule has 4 rings (SSSR count). The lowest BCUT2D eigenvalue weighted by Crippen LogP contribution is -2.35. The third-order valence-electron chi connectivity index (χ3n) is 5.12. The van der Waals surface area contributed by atoms with Crippen LogP contribution in [-0.4, -0.2) is 39.8 Å². The SMILES string of the molecule is COc1c(C(=O)Nc2cnoc2)nc(N(C)C(c2ccccc2)c2ccccn2)n(C)c1=O. The minimum absolute atomic E-state index is 0.156. The van der Waals surface area contributed by atoms with Gasteiger partial charge in [0.1, 0.15) is 12.0 Å². The van der Waals surface area contributed by atoms with Gasteiger partial charge < -0.3 is 19.5 Å². The molecule has 3 heterocycles. The molecule has 10 nitrogen and oxygen atoms in total. The topological polar surface area (TPSA) is 115 Å². The van der Waals surface area contributed by atoms with Crippen molar-refractivity contribution < 1.29 is 14.1 Å². The molecule has 0 aliphatic carbocycles. The van der Waals surface area contributed by atoms with Gasteiger partial charge in [-0.3, -0.25) is 19.1 Å². The molecular formula is C23H22N6O4. The first-order valence-corrected chi connectivity index (χ1v) is 10.1. The quantitative estimate of drug-likeness (QED) is 0.461. The predicted molar refractivity (Wildman–Crippen MR) is 121 cm³/mol. The van der Waals surface area contributed by atoms with Gasteiger partial charge in [-0.15, -0.1) is 0 Å². The van der Waals surface area contributed by atoms with E-state index in [1.165, 1.54) is 24.1 Å². The van der Waals surface area contributed by atoms with Gasteiger partial charge in [0.05, 0.1) is 25.0 Å². The Labute approximate surface area is 189 Å². The Morgan fingerprint density at radius 3 is 2.58 bits per heavy atom. The highest BCUT2D eigenvalue weighted by Crippen LogP contribution is 2.30. The third kappa shape index (κ3) is 4.31. The maximum atomic E-state index is 13.1. The van der Waals surface area contributed by atoms with E-state index in [0.717, 1.165) is 11.3 Å². The molecular weight excluding hydrogens is 424 g/mol. The summed E-state index contributed by atoms with van der Waals surface area (Å²) in [5.41, 5.74) is 1.37. The lowest BCUT2D eigenvalue weighted by atomic mass is 10.0. The predicted octanol–water partition coefficient (Wildman–Crippen LogP) is 2.65. The van der Waals surface area contributed by atoms with Crippen molar-refractivity contribution in [2.75, 3.05) is 24.4 Å². The number of carbonyl (C=O) groups is 1. The molecule has 0 aliphatic rings. The number of ether oxygens (including phenoxy) is 1. The molecule has 0 saturated heterocycles. The number of anilines is 2. The average molecular weight is 446 g/mol. The van der Waals surface area contributed by atoms with Gasteiger partial charge in [0.15, 0.2) is 5.69 Å². The molecule has 1 aromatic carbocycles. The first-order valence-electron chi connectivity index (χ1n) is 10.1. The Balaban J connectivity index is 1.83. The van der Waals surface area contributed by atoms with E-state index in [4.69, 9.17) is 9.26 Å². The van der Waals surface area contributed by atoms with Crippen molar-refractivity contribution >= 4 is 17.5 Å². The highest BCUT2D eigenvalue weighted by molar-refractivity contribution is 6.04. The number of carbonyl (C=O) groups excluding carboxylic acids is 1. The average Bonchev–Trinajstić information content (AvgIpc) is 3.35. The van der Waals surface area contributed by atoms with Crippen molar-refractivity contribution in [1.29, 1.82) is 0 Å². The van der Waals surface area contributed by atoms with E-state index in [1.54, 1.807) is 25.2 Å². The summed E-state index contributed by atoms with van der Waals surface area (Å²) in [7, 11) is 4.69. The Morgan fingerprint density at radius 1 is 1.18 bits per heavy atom. The van der Waals surface area contributed by atoms with Gasteiger partial charge in [-0.2, -0.15) is 0 Å². The van der Waals surface area contributed by atoms with Gasteiger partial charge in [-0.25, -0.2) is 4.98 Å². The Morgan fingerprint density at radius 2 is 1.94 bits per heavy atom. The number of rotatable bonds is 7.